The minimum atomic E-state index is -1.06. The van der Waals surface area contributed by atoms with Crippen LogP contribution >= 0.6 is 11.6 Å². The smallest absolute Gasteiger partial charge is 0.307 e. The van der Waals surface area contributed by atoms with E-state index in [4.69, 9.17) is 21.4 Å². The van der Waals surface area contributed by atoms with Crippen molar-refractivity contribution in [3.05, 3.63) is 70.8 Å². The highest BCUT2D eigenvalue weighted by atomic mass is 35.5. The number of rotatable bonds is 7. The molecule has 3 aromatic rings. The maximum atomic E-state index is 15.3. The molecule has 12 heteroatoms. The lowest BCUT2D eigenvalue weighted by atomic mass is 9.81. The van der Waals surface area contributed by atoms with Crippen LogP contribution in [0.2, 0.25) is 5.02 Å². The highest BCUT2D eigenvalue weighted by molar-refractivity contribution is 6.30. The molecule has 2 amide bonds. The maximum absolute atomic E-state index is 15.3. The zero-order valence-corrected chi connectivity index (χ0v) is 24.7. The Kier molecular flexibility index (Phi) is 8.38. The number of fused-ring (bicyclic) bond motifs is 1. The molecule has 226 valence electrons. The Bertz CT molecular complexity index is 1590. The lowest BCUT2D eigenvalue weighted by molar-refractivity contribution is -0.138. The lowest BCUT2D eigenvalue weighted by Gasteiger charge is -2.44. The third kappa shape index (κ3) is 6.31. The highest BCUT2D eigenvalue weighted by Crippen LogP contribution is 2.40. The van der Waals surface area contributed by atoms with Gasteiger partial charge < -0.3 is 19.6 Å². The van der Waals surface area contributed by atoms with Crippen molar-refractivity contribution in [2.45, 2.75) is 58.6 Å². The van der Waals surface area contributed by atoms with Crippen molar-refractivity contribution < 1.29 is 33.0 Å². The Morgan fingerprint density at radius 1 is 1.14 bits per heavy atom. The quantitative estimate of drug-likeness (QED) is 0.373. The number of piperidine rings is 1. The van der Waals surface area contributed by atoms with Crippen LogP contribution in [0.1, 0.15) is 56.2 Å². The minimum Gasteiger partial charge on any atom is -0.489 e. The SMILES string of the molecule is C[C@H](CC(=O)O)Oc1ccc(F)cc1-c1cnc(C(=O)N2CCC(N3C(=O)C(C)(C)Cc4ncc(Cl)cc43)CC2)c(F)c1. The Labute approximate surface area is 252 Å². The lowest BCUT2D eigenvalue weighted by Crippen LogP contribution is -2.55. The van der Waals surface area contributed by atoms with Crippen LogP contribution in [0, 0.1) is 17.0 Å². The monoisotopic (exact) mass is 612 g/mol. The molecule has 0 spiro atoms. The topological polar surface area (TPSA) is 113 Å². The van der Waals surface area contributed by atoms with Crippen molar-refractivity contribution in [2.75, 3.05) is 18.0 Å². The highest BCUT2D eigenvalue weighted by Gasteiger charge is 2.43. The summed E-state index contributed by atoms with van der Waals surface area (Å²) in [6.45, 7) is 5.88. The van der Waals surface area contributed by atoms with Gasteiger partial charge in [0.25, 0.3) is 5.91 Å². The van der Waals surface area contributed by atoms with Crippen molar-refractivity contribution in [1.82, 2.24) is 14.9 Å². The number of halogens is 3. The largest absolute Gasteiger partial charge is 0.489 e. The second kappa shape index (κ2) is 11.9. The summed E-state index contributed by atoms with van der Waals surface area (Å²) in [5, 5.41) is 9.45. The van der Waals surface area contributed by atoms with Crippen LogP contribution in [0.25, 0.3) is 11.1 Å². The van der Waals surface area contributed by atoms with Gasteiger partial charge >= 0.3 is 5.97 Å². The van der Waals surface area contributed by atoms with E-state index in [9.17, 15) is 18.8 Å². The van der Waals surface area contributed by atoms with Gasteiger partial charge in [-0.05, 0) is 50.1 Å². The molecule has 0 unspecified atom stereocenters. The van der Waals surface area contributed by atoms with Crippen LogP contribution in [0.3, 0.4) is 0 Å². The minimum absolute atomic E-state index is 0.0322. The van der Waals surface area contributed by atoms with Crippen molar-refractivity contribution >= 4 is 35.1 Å². The molecule has 1 fully saturated rings. The summed E-state index contributed by atoms with van der Waals surface area (Å²) >= 11 is 6.21. The fourth-order valence-corrected chi connectivity index (χ4v) is 5.80. The molecule has 1 N–H and O–H groups in total. The van der Waals surface area contributed by atoms with Gasteiger partial charge in [0.15, 0.2) is 11.5 Å². The molecule has 0 aliphatic carbocycles. The molecule has 0 bridgehead atoms. The number of benzene rings is 1. The summed E-state index contributed by atoms with van der Waals surface area (Å²) in [4.78, 5) is 49.6. The number of likely N-dealkylation sites (tertiary alicyclic amines) is 1. The van der Waals surface area contributed by atoms with Crippen LogP contribution in [0.4, 0.5) is 14.5 Å². The number of aromatic nitrogens is 2. The fourth-order valence-electron chi connectivity index (χ4n) is 5.65. The molecule has 5 rings (SSSR count). The summed E-state index contributed by atoms with van der Waals surface area (Å²) in [6.07, 6.45) is 3.26. The Morgan fingerprint density at radius 2 is 1.86 bits per heavy atom. The van der Waals surface area contributed by atoms with Crippen molar-refractivity contribution in [3.63, 3.8) is 0 Å². The summed E-state index contributed by atoms with van der Waals surface area (Å²) in [7, 11) is 0. The first-order valence-corrected chi connectivity index (χ1v) is 14.3. The zero-order valence-electron chi connectivity index (χ0n) is 23.9. The molecule has 43 heavy (non-hydrogen) atoms. The van der Waals surface area contributed by atoms with Gasteiger partial charge in [-0.25, -0.2) is 13.8 Å². The number of anilines is 1. The number of ether oxygens (including phenoxy) is 1. The number of carboxylic acids is 1. The van der Waals surface area contributed by atoms with E-state index in [1.54, 1.807) is 24.1 Å². The van der Waals surface area contributed by atoms with Crippen LogP contribution in [-0.2, 0) is 16.0 Å². The molecule has 1 atom stereocenters. The third-order valence-electron chi connectivity index (χ3n) is 7.78. The van der Waals surface area contributed by atoms with Gasteiger partial charge in [0, 0.05) is 54.5 Å². The van der Waals surface area contributed by atoms with E-state index in [2.05, 4.69) is 9.97 Å². The van der Waals surface area contributed by atoms with E-state index in [1.165, 1.54) is 17.2 Å². The first-order chi connectivity index (χ1) is 20.3. The third-order valence-corrected chi connectivity index (χ3v) is 7.99. The van der Waals surface area contributed by atoms with Crippen LogP contribution < -0.4 is 9.64 Å². The number of carboxylic acid groups (broad SMARTS) is 1. The van der Waals surface area contributed by atoms with Crippen molar-refractivity contribution in [1.29, 1.82) is 0 Å². The number of aliphatic carboxylic acids is 1. The van der Waals surface area contributed by atoms with Gasteiger partial charge in [-0.2, -0.15) is 0 Å². The van der Waals surface area contributed by atoms with Gasteiger partial charge in [-0.15, -0.1) is 0 Å². The molecular weight excluding hydrogens is 582 g/mol. The molecule has 0 saturated carbocycles. The van der Waals surface area contributed by atoms with E-state index in [0.717, 1.165) is 23.9 Å². The number of carbonyl (C=O) groups is 3. The molecule has 4 heterocycles. The Morgan fingerprint density at radius 3 is 2.53 bits per heavy atom. The summed E-state index contributed by atoms with van der Waals surface area (Å²) in [5.74, 6) is -3.02. The Balaban J connectivity index is 1.32. The number of pyridine rings is 2. The molecule has 1 aromatic carbocycles. The van der Waals surface area contributed by atoms with Gasteiger partial charge in [-0.1, -0.05) is 25.4 Å². The van der Waals surface area contributed by atoms with E-state index in [1.807, 2.05) is 13.8 Å². The van der Waals surface area contributed by atoms with E-state index in [-0.39, 0.29) is 54.0 Å². The van der Waals surface area contributed by atoms with Gasteiger partial charge in [0.1, 0.15) is 17.7 Å². The van der Waals surface area contributed by atoms with Gasteiger partial charge in [0.05, 0.1) is 22.8 Å². The van der Waals surface area contributed by atoms with E-state index in [0.29, 0.717) is 30.0 Å². The van der Waals surface area contributed by atoms with E-state index >= 15 is 4.39 Å². The normalized spacial score (nSPS) is 17.4. The summed E-state index contributed by atoms with van der Waals surface area (Å²) in [5.41, 5.74) is 0.799. The summed E-state index contributed by atoms with van der Waals surface area (Å²) in [6, 6.07) is 6.26. The summed E-state index contributed by atoms with van der Waals surface area (Å²) < 4.78 is 35.1. The number of carbonyl (C=O) groups excluding carboxylic acids is 2. The van der Waals surface area contributed by atoms with E-state index < -0.39 is 35.0 Å². The fraction of sp³-hybridized carbons (Fsp3) is 0.387. The number of nitrogens with zero attached hydrogens (tertiary/aromatic N) is 4. The average molecular weight is 613 g/mol. The molecule has 9 nitrogen and oxygen atoms in total. The first kappa shape index (κ1) is 30.3. The second-order valence-electron chi connectivity index (χ2n) is 11.6. The van der Waals surface area contributed by atoms with Gasteiger partial charge in [0.2, 0.25) is 5.91 Å². The predicted octanol–water partition coefficient (Wildman–Crippen LogP) is 5.54. The molecule has 2 aromatic heterocycles. The van der Waals surface area contributed by atoms with Crippen molar-refractivity contribution in [2.24, 2.45) is 5.41 Å². The number of amides is 2. The second-order valence-corrected chi connectivity index (χ2v) is 12.0. The van der Waals surface area contributed by atoms with Crippen LogP contribution in [-0.4, -0.2) is 63.0 Å². The molecule has 2 aliphatic heterocycles. The van der Waals surface area contributed by atoms with Crippen LogP contribution in [0.5, 0.6) is 5.75 Å². The Hall–Kier alpha value is -4.12. The first-order valence-electron chi connectivity index (χ1n) is 14.0. The molecule has 0 radical (unpaired) electrons. The number of hydrogen-bond donors (Lipinski definition) is 1. The van der Waals surface area contributed by atoms with Gasteiger partial charge in [-0.3, -0.25) is 19.4 Å². The standard InChI is InChI=1S/C31H31ClF2N4O5/c1-17(10-27(39)40)43-26-5-4-20(33)13-22(26)18-11-23(34)28(36-15-18)29(41)37-8-6-21(7-9-37)38-25-12-19(32)16-35-24(25)14-31(2,3)30(38)42/h4-5,11-13,15-17,21H,6-10,14H2,1-3H3,(H,39,40)/t17-/m1/s1. The van der Waals surface area contributed by atoms with Crippen molar-refractivity contribution in [3.8, 4) is 16.9 Å². The molecular formula is C31H31ClF2N4O5. The van der Waals surface area contributed by atoms with Crippen LogP contribution in [0.15, 0.2) is 42.7 Å². The predicted molar refractivity (Wildman–Crippen MR) is 155 cm³/mol. The maximum Gasteiger partial charge on any atom is 0.307 e. The molecule has 1 saturated heterocycles. The average Bonchev–Trinajstić information content (AvgIpc) is 2.94. The number of hydrogen-bond acceptors (Lipinski definition) is 6. The molecule has 2 aliphatic rings. The zero-order chi connectivity index (χ0) is 31.1.